The summed E-state index contributed by atoms with van der Waals surface area (Å²) in [5, 5.41) is 1.73. The van der Waals surface area contributed by atoms with Gasteiger partial charge in [-0.3, -0.25) is 9.59 Å². The number of aromatic nitrogens is 2. The molecular formula is C14H12F3N3O2S. The first-order valence-corrected chi connectivity index (χ1v) is 7.46. The van der Waals surface area contributed by atoms with Gasteiger partial charge in [0.25, 0.3) is 5.56 Å². The van der Waals surface area contributed by atoms with Gasteiger partial charge in [0.2, 0.25) is 5.91 Å². The molecule has 2 rings (SSSR count). The van der Waals surface area contributed by atoms with Crippen molar-refractivity contribution in [2.45, 2.75) is 23.8 Å². The number of benzene rings is 1. The van der Waals surface area contributed by atoms with Crippen LogP contribution in [0, 0.1) is 17.5 Å². The Hall–Kier alpha value is -2.29. The van der Waals surface area contributed by atoms with Crippen molar-refractivity contribution in [3.05, 3.63) is 52.2 Å². The second-order valence-corrected chi connectivity index (χ2v) is 5.66. The average molecular weight is 343 g/mol. The molecule has 0 aliphatic heterocycles. The predicted molar refractivity (Wildman–Crippen MR) is 79.7 cm³/mol. The number of anilines is 1. The Morgan fingerprint density at radius 2 is 2.04 bits per heavy atom. The number of H-pyrrole nitrogens is 1. The molecule has 0 aliphatic carbocycles. The predicted octanol–water partition coefficient (Wildman–Crippen LogP) is 2.70. The molecule has 122 valence electrons. The molecular weight excluding hydrogens is 331 g/mol. The third-order valence-corrected chi connectivity index (χ3v) is 4.12. The number of carbonyl (C=O) groups is 1. The zero-order valence-corrected chi connectivity index (χ0v) is 12.7. The second kappa shape index (κ2) is 7.32. The van der Waals surface area contributed by atoms with Gasteiger partial charge in [-0.2, -0.15) is 0 Å². The molecule has 1 amide bonds. The number of nitrogens with one attached hydrogen (secondary N) is 2. The number of halogens is 3. The molecule has 1 unspecified atom stereocenters. The van der Waals surface area contributed by atoms with Gasteiger partial charge in [0.05, 0.1) is 10.9 Å². The average Bonchev–Trinajstić information content (AvgIpc) is 2.53. The number of hydrogen-bond donors (Lipinski definition) is 2. The van der Waals surface area contributed by atoms with Crippen molar-refractivity contribution in [3.8, 4) is 0 Å². The summed E-state index contributed by atoms with van der Waals surface area (Å²) in [6.45, 7) is 1.71. The molecule has 23 heavy (non-hydrogen) atoms. The summed E-state index contributed by atoms with van der Waals surface area (Å²) in [4.78, 5) is 29.7. The van der Waals surface area contributed by atoms with Crippen LogP contribution in [0.3, 0.4) is 0 Å². The van der Waals surface area contributed by atoms with E-state index in [9.17, 15) is 22.8 Å². The van der Waals surface area contributed by atoms with Crippen molar-refractivity contribution in [3.63, 3.8) is 0 Å². The molecule has 5 nitrogen and oxygen atoms in total. The van der Waals surface area contributed by atoms with Gasteiger partial charge < -0.3 is 10.3 Å². The van der Waals surface area contributed by atoms with Crippen LogP contribution in [0.5, 0.6) is 0 Å². The smallest absolute Gasteiger partial charge is 0.251 e. The summed E-state index contributed by atoms with van der Waals surface area (Å²) >= 11 is 0.974. The van der Waals surface area contributed by atoms with E-state index in [2.05, 4.69) is 15.3 Å². The quantitative estimate of drug-likeness (QED) is 0.497. The number of rotatable bonds is 5. The third kappa shape index (κ3) is 4.13. The minimum absolute atomic E-state index is 0.227. The monoisotopic (exact) mass is 343 g/mol. The minimum Gasteiger partial charge on any atom is -0.323 e. The van der Waals surface area contributed by atoms with Crippen LogP contribution in [-0.2, 0) is 4.79 Å². The summed E-state index contributed by atoms with van der Waals surface area (Å²) in [6.07, 6.45) is 1.64. The first-order valence-electron chi connectivity index (χ1n) is 6.58. The molecule has 2 N–H and O–H groups in total. The van der Waals surface area contributed by atoms with Crippen molar-refractivity contribution in [2.24, 2.45) is 0 Å². The second-order valence-electron chi connectivity index (χ2n) is 4.47. The van der Waals surface area contributed by atoms with Crippen molar-refractivity contribution in [1.29, 1.82) is 0 Å². The van der Waals surface area contributed by atoms with E-state index in [0.29, 0.717) is 6.42 Å². The normalized spacial score (nSPS) is 12.0. The van der Waals surface area contributed by atoms with E-state index in [1.54, 1.807) is 6.92 Å². The number of carbonyl (C=O) groups excluding carboxylic acids is 1. The Bertz CT molecular complexity index is 782. The van der Waals surface area contributed by atoms with E-state index >= 15 is 0 Å². The van der Waals surface area contributed by atoms with Crippen LogP contribution in [0.1, 0.15) is 13.3 Å². The Labute approximate surface area is 133 Å². The van der Waals surface area contributed by atoms with Crippen molar-refractivity contribution < 1.29 is 18.0 Å². The van der Waals surface area contributed by atoms with Crippen molar-refractivity contribution in [1.82, 2.24) is 9.97 Å². The van der Waals surface area contributed by atoms with Gasteiger partial charge in [-0.1, -0.05) is 18.7 Å². The molecule has 1 atom stereocenters. The van der Waals surface area contributed by atoms with Gasteiger partial charge in [-0.05, 0) is 18.6 Å². The first kappa shape index (κ1) is 17.1. The Morgan fingerprint density at radius 3 is 2.70 bits per heavy atom. The molecule has 0 saturated heterocycles. The van der Waals surface area contributed by atoms with Crippen LogP contribution in [0.15, 0.2) is 34.3 Å². The fraction of sp³-hybridized carbons (Fsp3) is 0.214. The van der Waals surface area contributed by atoms with Crippen LogP contribution in [0.2, 0.25) is 0 Å². The van der Waals surface area contributed by atoms with Gasteiger partial charge in [-0.25, -0.2) is 18.2 Å². The highest BCUT2D eigenvalue weighted by Crippen LogP contribution is 2.24. The SMILES string of the molecule is CCC(Sc1nccc(=O)[nH]1)C(=O)Nc1ccc(F)c(F)c1F. The summed E-state index contributed by atoms with van der Waals surface area (Å²) < 4.78 is 39.6. The Kier molecular flexibility index (Phi) is 5.43. The minimum atomic E-state index is -1.66. The molecule has 0 fully saturated rings. The Morgan fingerprint density at radius 1 is 1.30 bits per heavy atom. The molecule has 1 aromatic carbocycles. The lowest BCUT2D eigenvalue weighted by Gasteiger charge is -2.14. The van der Waals surface area contributed by atoms with Gasteiger partial charge in [0, 0.05) is 12.3 Å². The number of nitrogens with zero attached hydrogens (tertiary/aromatic N) is 1. The van der Waals surface area contributed by atoms with Crippen LogP contribution in [0.25, 0.3) is 0 Å². The molecule has 0 radical (unpaired) electrons. The zero-order valence-electron chi connectivity index (χ0n) is 11.9. The molecule has 0 aliphatic rings. The fourth-order valence-corrected chi connectivity index (χ4v) is 2.59. The summed E-state index contributed by atoms with van der Waals surface area (Å²) in [6, 6.07) is 2.88. The molecule has 0 spiro atoms. The highest BCUT2D eigenvalue weighted by molar-refractivity contribution is 8.00. The maximum atomic E-state index is 13.6. The molecule has 0 saturated carbocycles. The highest BCUT2D eigenvalue weighted by Gasteiger charge is 2.22. The maximum Gasteiger partial charge on any atom is 0.251 e. The van der Waals surface area contributed by atoms with Crippen LogP contribution in [0.4, 0.5) is 18.9 Å². The van der Waals surface area contributed by atoms with E-state index in [1.165, 1.54) is 12.3 Å². The molecule has 1 heterocycles. The highest BCUT2D eigenvalue weighted by atomic mass is 32.2. The van der Waals surface area contributed by atoms with Gasteiger partial charge in [-0.15, -0.1) is 0 Å². The molecule has 9 heteroatoms. The summed E-state index contributed by atoms with van der Waals surface area (Å²) in [5.41, 5.74) is -0.827. The topological polar surface area (TPSA) is 74.8 Å². The maximum absolute atomic E-state index is 13.6. The Balaban J connectivity index is 2.14. The van der Waals surface area contributed by atoms with Crippen LogP contribution in [-0.4, -0.2) is 21.1 Å². The van der Waals surface area contributed by atoms with E-state index in [4.69, 9.17) is 0 Å². The largest absolute Gasteiger partial charge is 0.323 e. The lowest BCUT2D eigenvalue weighted by atomic mass is 10.2. The molecule has 1 aromatic heterocycles. The third-order valence-electron chi connectivity index (χ3n) is 2.86. The summed E-state index contributed by atoms with van der Waals surface area (Å²) in [5.74, 6) is -5.08. The van der Waals surface area contributed by atoms with Gasteiger partial charge >= 0.3 is 0 Å². The van der Waals surface area contributed by atoms with Crippen molar-refractivity contribution >= 4 is 23.4 Å². The first-order chi connectivity index (χ1) is 10.9. The van der Waals surface area contributed by atoms with Crippen LogP contribution < -0.4 is 10.9 Å². The fourth-order valence-electron chi connectivity index (χ4n) is 1.70. The zero-order chi connectivity index (χ0) is 17.0. The van der Waals surface area contributed by atoms with Gasteiger partial charge in [0.15, 0.2) is 22.6 Å². The van der Waals surface area contributed by atoms with Crippen LogP contribution >= 0.6 is 11.8 Å². The van der Waals surface area contributed by atoms with E-state index in [-0.39, 0.29) is 10.7 Å². The van der Waals surface area contributed by atoms with Gasteiger partial charge in [0.1, 0.15) is 0 Å². The van der Waals surface area contributed by atoms with Crippen molar-refractivity contribution in [2.75, 3.05) is 5.32 Å². The van der Waals surface area contributed by atoms with E-state index in [1.807, 2.05) is 0 Å². The number of hydrogen-bond acceptors (Lipinski definition) is 4. The lowest BCUT2D eigenvalue weighted by Crippen LogP contribution is -2.26. The number of thioether (sulfide) groups is 1. The number of amides is 1. The summed E-state index contributed by atoms with van der Waals surface area (Å²) in [7, 11) is 0. The standard InChI is InChI=1S/C14H12F3N3O2S/c1-2-9(23-14-18-6-5-10(21)20-14)13(22)19-8-4-3-7(15)11(16)12(8)17/h3-6,9H,2H2,1H3,(H,19,22)(H,18,20,21). The lowest BCUT2D eigenvalue weighted by molar-refractivity contribution is -0.115. The molecule has 2 aromatic rings. The number of aromatic amines is 1. The van der Waals surface area contributed by atoms with E-state index in [0.717, 1.165) is 23.9 Å². The molecule has 0 bridgehead atoms. The van der Waals surface area contributed by atoms with E-state index < -0.39 is 34.3 Å².